The molecule has 0 spiro atoms. The van der Waals surface area contributed by atoms with E-state index in [0.29, 0.717) is 44.9 Å². The van der Waals surface area contributed by atoms with Crippen LogP contribution < -0.4 is 0 Å². The molecule has 5 nitrogen and oxygen atoms in total. The molecule has 248 valence electrons. The quantitative estimate of drug-likeness (QED) is 0.296. The zero-order valence-electron chi connectivity index (χ0n) is 25.4. The Morgan fingerprint density at radius 3 is 2.09 bits per heavy atom. The molecule has 2 aliphatic heterocycles. The number of halogens is 8. The first kappa shape index (κ1) is 38.1. The average Bonchev–Trinajstić information content (AvgIpc) is 2.90. The normalized spacial score (nSPS) is 19.7. The summed E-state index contributed by atoms with van der Waals surface area (Å²) in [6, 6.07) is 6.64. The Balaban J connectivity index is 0.00000337. The molecule has 2 aliphatic rings. The molecule has 2 aromatic carbocycles. The minimum atomic E-state index is -5.02. The van der Waals surface area contributed by atoms with Crippen molar-refractivity contribution >= 4 is 30.7 Å². The van der Waals surface area contributed by atoms with Gasteiger partial charge in [-0.1, -0.05) is 18.2 Å². The Bertz CT molecular complexity index is 1240. The number of morpholine rings is 1. The lowest BCUT2D eigenvalue weighted by molar-refractivity contribution is -0.143. The molecule has 0 unspecified atom stereocenters. The predicted molar refractivity (Wildman–Crippen MR) is 163 cm³/mol. The molecule has 2 heterocycles. The van der Waals surface area contributed by atoms with E-state index in [0.717, 1.165) is 42.7 Å². The zero-order valence-corrected chi connectivity index (χ0v) is 27.0. The molecule has 0 radical (unpaired) electrons. The molecular weight excluding hydrogens is 631 g/mol. The molecule has 13 heteroatoms. The predicted octanol–water partition coefficient (Wildman–Crippen LogP) is 7.05. The lowest BCUT2D eigenvalue weighted by atomic mass is 9.97. The van der Waals surface area contributed by atoms with Crippen LogP contribution in [0.3, 0.4) is 0 Å². The van der Waals surface area contributed by atoms with Crippen LogP contribution in [-0.2, 0) is 23.5 Å². The number of nitrogens with zero attached hydrogens (tertiary/aromatic N) is 3. The highest BCUT2D eigenvalue weighted by Crippen LogP contribution is 2.37. The number of benzene rings is 2. The highest BCUT2D eigenvalue weighted by atomic mass is 35.5. The van der Waals surface area contributed by atoms with Gasteiger partial charge in [0.2, 0.25) is 0 Å². The second kappa shape index (κ2) is 15.0. The molecule has 2 fully saturated rings. The van der Waals surface area contributed by atoms with E-state index in [9.17, 15) is 31.1 Å². The van der Waals surface area contributed by atoms with Crippen molar-refractivity contribution in [3.05, 3.63) is 69.8 Å². The van der Waals surface area contributed by atoms with Crippen molar-refractivity contribution in [3.8, 4) is 0 Å². The van der Waals surface area contributed by atoms with Gasteiger partial charge in [-0.25, -0.2) is 0 Å². The number of aryl methyl sites for hydroxylation is 2. The van der Waals surface area contributed by atoms with E-state index < -0.39 is 41.0 Å². The van der Waals surface area contributed by atoms with E-state index in [1.807, 2.05) is 32.0 Å². The van der Waals surface area contributed by atoms with Gasteiger partial charge in [0.05, 0.1) is 24.3 Å². The second-order valence-corrected chi connectivity index (χ2v) is 12.1. The summed E-state index contributed by atoms with van der Waals surface area (Å²) in [5.41, 5.74) is -0.518. The molecular formula is C31H41Cl2F6N3O2. The Morgan fingerprint density at radius 1 is 0.886 bits per heavy atom. The third kappa shape index (κ3) is 9.48. The lowest BCUT2D eigenvalue weighted by Crippen LogP contribution is -2.57. The lowest BCUT2D eigenvalue weighted by Gasteiger charge is -2.44. The van der Waals surface area contributed by atoms with Crippen LogP contribution >= 0.6 is 24.8 Å². The molecule has 0 N–H and O–H groups in total. The average molecular weight is 673 g/mol. The van der Waals surface area contributed by atoms with Crippen molar-refractivity contribution in [1.29, 1.82) is 0 Å². The van der Waals surface area contributed by atoms with Crippen molar-refractivity contribution < 1.29 is 35.9 Å². The smallest absolute Gasteiger partial charge is 0.378 e. The summed E-state index contributed by atoms with van der Waals surface area (Å²) >= 11 is 0. The standard InChI is InChI=1S/C31H39F6N3O2.2ClH/c1-21-6-7-23(14-22(21)2)15-27-19-38(8-5-9-39-12-13-42-20-29(39,3)4)10-11-40(27)28(41)24-16-25(30(32,33)34)18-26(17-24)31(35,36)37;;/h6-7,14,16-18,27H,5,8-13,15,19-20H2,1-4H3;2*1H/t27-;;/m1../s1. The second-order valence-electron chi connectivity index (χ2n) is 12.1. The zero-order chi connectivity index (χ0) is 30.9. The maximum absolute atomic E-state index is 13.6. The maximum Gasteiger partial charge on any atom is 0.416 e. The first-order chi connectivity index (χ1) is 19.5. The van der Waals surface area contributed by atoms with Crippen LogP contribution in [0.2, 0.25) is 0 Å². The van der Waals surface area contributed by atoms with E-state index in [-0.39, 0.29) is 43.0 Å². The topological polar surface area (TPSA) is 36.0 Å². The monoisotopic (exact) mass is 671 g/mol. The minimum Gasteiger partial charge on any atom is -0.378 e. The number of carbonyl (C=O) groups excluding carboxylic acids is 1. The Hall–Kier alpha value is -2.05. The molecule has 44 heavy (non-hydrogen) atoms. The maximum atomic E-state index is 13.6. The van der Waals surface area contributed by atoms with Crippen LogP contribution in [0.15, 0.2) is 36.4 Å². The summed E-state index contributed by atoms with van der Waals surface area (Å²) in [6.07, 6.45) is -8.73. The molecule has 0 saturated carbocycles. The number of alkyl halides is 6. The van der Waals surface area contributed by atoms with Crippen molar-refractivity contribution in [2.24, 2.45) is 0 Å². The third-order valence-corrected chi connectivity index (χ3v) is 8.42. The van der Waals surface area contributed by atoms with Gasteiger partial charge in [0.25, 0.3) is 5.91 Å². The summed E-state index contributed by atoms with van der Waals surface area (Å²) < 4.78 is 86.7. The van der Waals surface area contributed by atoms with Crippen molar-refractivity contribution in [2.45, 2.75) is 64.5 Å². The van der Waals surface area contributed by atoms with Gasteiger partial charge in [-0.15, -0.1) is 24.8 Å². The van der Waals surface area contributed by atoms with Crippen LogP contribution in [-0.4, -0.2) is 84.7 Å². The van der Waals surface area contributed by atoms with E-state index >= 15 is 0 Å². The first-order valence-electron chi connectivity index (χ1n) is 14.3. The minimum absolute atomic E-state index is 0. The van der Waals surface area contributed by atoms with Gasteiger partial charge in [0.1, 0.15) is 0 Å². The van der Waals surface area contributed by atoms with Crippen LogP contribution in [0, 0.1) is 13.8 Å². The van der Waals surface area contributed by atoms with E-state index in [1.165, 1.54) is 4.90 Å². The molecule has 2 aromatic rings. The summed E-state index contributed by atoms with van der Waals surface area (Å²) in [5, 5.41) is 0. The molecule has 0 bridgehead atoms. The Labute approximate surface area is 267 Å². The van der Waals surface area contributed by atoms with Crippen LogP contribution in [0.5, 0.6) is 0 Å². The van der Waals surface area contributed by atoms with Crippen LogP contribution in [0.1, 0.15) is 58.4 Å². The molecule has 1 amide bonds. The molecule has 4 rings (SSSR count). The van der Waals surface area contributed by atoms with Gasteiger partial charge >= 0.3 is 12.4 Å². The third-order valence-electron chi connectivity index (χ3n) is 8.42. The number of carbonyl (C=O) groups is 1. The van der Waals surface area contributed by atoms with E-state index in [1.54, 1.807) is 0 Å². The fraction of sp³-hybridized carbons (Fsp3) is 0.581. The Morgan fingerprint density at radius 2 is 1.52 bits per heavy atom. The number of ether oxygens (including phenoxy) is 1. The van der Waals surface area contributed by atoms with Gasteiger partial charge in [-0.2, -0.15) is 26.3 Å². The SMILES string of the molecule is Cc1ccc(C[C@@H]2CN(CCCN3CCOCC3(C)C)CCN2C(=O)c2cc(C(F)(F)F)cc(C(F)(F)F)c2)cc1C.Cl.Cl. The van der Waals surface area contributed by atoms with Crippen molar-refractivity contribution in [1.82, 2.24) is 14.7 Å². The van der Waals surface area contributed by atoms with Gasteiger partial charge < -0.3 is 9.64 Å². The van der Waals surface area contributed by atoms with Gasteiger partial charge in [0.15, 0.2) is 0 Å². The molecule has 1 atom stereocenters. The van der Waals surface area contributed by atoms with E-state index in [4.69, 9.17) is 4.74 Å². The summed E-state index contributed by atoms with van der Waals surface area (Å²) in [5.74, 6) is -0.824. The molecule has 0 aromatic heterocycles. The van der Waals surface area contributed by atoms with Gasteiger partial charge in [0, 0.05) is 49.9 Å². The van der Waals surface area contributed by atoms with Crippen molar-refractivity contribution in [2.75, 3.05) is 52.5 Å². The van der Waals surface area contributed by atoms with Gasteiger partial charge in [-0.3, -0.25) is 14.6 Å². The molecule has 2 saturated heterocycles. The number of rotatable bonds is 7. The van der Waals surface area contributed by atoms with E-state index in [2.05, 4.69) is 23.6 Å². The Kier molecular flexibility index (Phi) is 13.0. The number of amides is 1. The highest BCUT2D eigenvalue weighted by molar-refractivity contribution is 5.95. The summed E-state index contributed by atoms with van der Waals surface area (Å²) in [7, 11) is 0. The fourth-order valence-electron chi connectivity index (χ4n) is 5.80. The highest BCUT2D eigenvalue weighted by Gasteiger charge is 2.39. The van der Waals surface area contributed by atoms with Crippen LogP contribution in [0.25, 0.3) is 0 Å². The number of hydrogen-bond donors (Lipinski definition) is 0. The number of hydrogen-bond acceptors (Lipinski definition) is 4. The van der Waals surface area contributed by atoms with Crippen LogP contribution in [0.4, 0.5) is 26.3 Å². The van der Waals surface area contributed by atoms with Crippen molar-refractivity contribution in [3.63, 3.8) is 0 Å². The first-order valence-corrected chi connectivity index (χ1v) is 14.3. The summed E-state index contributed by atoms with van der Waals surface area (Å²) in [4.78, 5) is 19.7. The number of piperazine rings is 1. The van der Waals surface area contributed by atoms with Gasteiger partial charge in [-0.05, 0) is 82.0 Å². The molecule has 0 aliphatic carbocycles. The summed E-state index contributed by atoms with van der Waals surface area (Å²) in [6.45, 7) is 13.2. The largest absolute Gasteiger partial charge is 0.416 e. The fourth-order valence-corrected chi connectivity index (χ4v) is 5.80.